The van der Waals surface area contributed by atoms with Gasteiger partial charge in [0.25, 0.3) is 0 Å². The fraction of sp³-hybridized carbons (Fsp3) is 0.111. The summed E-state index contributed by atoms with van der Waals surface area (Å²) in [5, 5.41) is 12.8. The van der Waals surface area contributed by atoms with Gasteiger partial charge in [-0.05, 0) is 47.9 Å². The molecule has 1 aromatic heterocycles. The van der Waals surface area contributed by atoms with Gasteiger partial charge < -0.3 is 14.6 Å². The number of nitriles is 1. The number of aromatic nitrogens is 1. The molecular formula is C18H15N3O2. The fourth-order valence-corrected chi connectivity index (χ4v) is 2.42. The first kappa shape index (κ1) is 14.7. The van der Waals surface area contributed by atoms with Gasteiger partial charge in [-0.2, -0.15) is 5.26 Å². The first-order chi connectivity index (χ1) is 11.2. The monoisotopic (exact) mass is 305 g/mol. The van der Waals surface area contributed by atoms with Crippen LogP contribution in [-0.2, 0) is 11.3 Å². The van der Waals surface area contributed by atoms with Crippen LogP contribution >= 0.6 is 0 Å². The van der Waals surface area contributed by atoms with Crippen molar-refractivity contribution in [3.63, 3.8) is 0 Å². The minimum Gasteiger partial charge on any atom is -0.497 e. The molecule has 0 saturated carbocycles. The van der Waals surface area contributed by atoms with E-state index in [1.807, 2.05) is 22.9 Å². The van der Waals surface area contributed by atoms with Gasteiger partial charge in [0.05, 0.1) is 18.7 Å². The van der Waals surface area contributed by atoms with Gasteiger partial charge >= 0.3 is 0 Å². The lowest BCUT2D eigenvalue weighted by atomic mass is 10.2. The van der Waals surface area contributed by atoms with Crippen LogP contribution in [0, 0.1) is 11.3 Å². The molecule has 0 spiro atoms. The third-order valence-electron chi connectivity index (χ3n) is 3.59. The maximum atomic E-state index is 12.2. The van der Waals surface area contributed by atoms with Gasteiger partial charge in [0.2, 0.25) is 5.91 Å². The van der Waals surface area contributed by atoms with E-state index in [0.717, 1.165) is 16.7 Å². The van der Waals surface area contributed by atoms with Crippen LogP contribution in [0.15, 0.2) is 54.7 Å². The molecule has 0 bridgehead atoms. The molecular weight excluding hydrogens is 290 g/mol. The molecule has 1 heterocycles. The Labute approximate surface area is 133 Å². The Morgan fingerprint density at radius 2 is 2.00 bits per heavy atom. The largest absolute Gasteiger partial charge is 0.497 e. The van der Waals surface area contributed by atoms with Crippen molar-refractivity contribution in [2.75, 3.05) is 12.4 Å². The molecule has 0 radical (unpaired) electrons. The van der Waals surface area contributed by atoms with E-state index in [4.69, 9.17) is 10.00 Å². The SMILES string of the molecule is COc1ccc(NC(=O)Cn2ccc3ccc(C#N)cc32)cc1. The number of carbonyl (C=O) groups is 1. The molecule has 1 N–H and O–H groups in total. The lowest BCUT2D eigenvalue weighted by molar-refractivity contribution is -0.116. The molecule has 5 heteroatoms. The van der Waals surface area contributed by atoms with Crippen molar-refractivity contribution < 1.29 is 9.53 Å². The van der Waals surface area contributed by atoms with E-state index in [-0.39, 0.29) is 12.5 Å². The summed E-state index contributed by atoms with van der Waals surface area (Å²) in [5.41, 5.74) is 2.16. The highest BCUT2D eigenvalue weighted by atomic mass is 16.5. The smallest absolute Gasteiger partial charge is 0.244 e. The molecule has 5 nitrogen and oxygen atoms in total. The number of fused-ring (bicyclic) bond motifs is 1. The van der Waals surface area contributed by atoms with Crippen molar-refractivity contribution in [1.82, 2.24) is 4.57 Å². The molecule has 0 aliphatic carbocycles. The van der Waals surface area contributed by atoms with E-state index < -0.39 is 0 Å². The minimum atomic E-state index is -0.130. The molecule has 0 fully saturated rings. The van der Waals surface area contributed by atoms with E-state index in [9.17, 15) is 4.79 Å². The second-order valence-electron chi connectivity index (χ2n) is 5.11. The van der Waals surface area contributed by atoms with Gasteiger partial charge in [0, 0.05) is 17.4 Å². The van der Waals surface area contributed by atoms with Crippen LogP contribution < -0.4 is 10.1 Å². The maximum Gasteiger partial charge on any atom is 0.244 e. The number of carbonyl (C=O) groups excluding carboxylic acids is 1. The first-order valence-corrected chi connectivity index (χ1v) is 7.12. The van der Waals surface area contributed by atoms with E-state index in [1.165, 1.54) is 0 Å². The number of hydrogen-bond donors (Lipinski definition) is 1. The zero-order valence-electron chi connectivity index (χ0n) is 12.6. The molecule has 0 saturated heterocycles. The Morgan fingerprint density at radius 3 is 2.70 bits per heavy atom. The quantitative estimate of drug-likeness (QED) is 0.805. The highest BCUT2D eigenvalue weighted by Crippen LogP contribution is 2.18. The summed E-state index contributed by atoms with van der Waals surface area (Å²) in [5.74, 6) is 0.610. The number of nitrogens with one attached hydrogen (secondary N) is 1. The number of amides is 1. The normalized spacial score (nSPS) is 10.3. The van der Waals surface area contributed by atoms with Crippen LogP contribution in [-0.4, -0.2) is 17.6 Å². The van der Waals surface area contributed by atoms with Crippen molar-refractivity contribution in [3.05, 3.63) is 60.3 Å². The summed E-state index contributed by atoms with van der Waals surface area (Å²) in [6, 6.07) is 16.6. The Hall–Kier alpha value is -3.26. The highest BCUT2D eigenvalue weighted by Gasteiger charge is 2.07. The summed E-state index contributed by atoms with van der Waals surface area (Å²) in [7, 11) is 1.60. The van der Waals surface area contributed by atoms with Crippen LogP contribution in [0.1, 0.15) is 5.56 Å². The highest BCUT2D eigenvalue weighted by molar-refractivity contribution is 5.92. The average Bonchev–Trinajstić information content (AvgIpc) is 2.97. The summed E-state index contributed by atoms with van der Waals surface area (Å²) >= 11 is 0. The van der Waals surface area contributed by atoms with Crippen molar-refractivity contribution in [3.8, 4) is 11.8 Å². The molecule has 0 atom stereocenters. The topological polar surface area (TPSA) is 67.0 Å². The maximum absolute atomic E-state index is 12.2. The Kier molecular flexibility index (Phi) is 3.98. The molecule has 23 heavy (non-hydrogen) atoms. The van der Waals surface area contributed by atoms with Gasteiger partial charge in [0.15, 0.2) is 0 Å². The summed E-state index contributed by atoms with van der Waals surface area (Å²) in [6.07, 6.45) is 1.85. The molecule has 3 rings (SSSR count). The standard InChI is InChI=1S/C18H15N3O2/c1-23-16-6-4-15(5-7-16)20-18(22)12-21-9-8-14-3-2-13(11-19)10-17(14)21/h2-10H,12H2,1H3,(H,20,22). The zero-order chi connectivity index (χ0) is 16.2. The summed E-state index contributed by atoms with van der Waals surface area (Å²) in [4.78, 5) is 12.2. The van der Waals surface area contributed by atoms with Crippen LogP contribution in [0.5, 0.6) is 5.75 Å². The molecule has 114 valence electrons. The molecule has 3 aromatic rings. The van der Waals surface area contributed by atoms with Gasteiger partial charge in [-0.25, -0.2) is 0 Å². The summed E-state index contributed by atoms with van der Waals surface area (Å²) < 4.78 is 6.91. The van der Waals surface area contributed by atoms with E-state index in [0.29, 0.717) is 11.3 Å². The number of benzene rings is 2. The predicted octanol–water partition coefficient (Wildman–Crippen LogP) is 3.16. The van der Waals surface area contributed by atoms with E-state index in [2.05, 4.69) is 11.4 Å². The minimum absolute atomic E-state index is 0.130. The third kappa shape index (κ3) is 3.16. The Balaban J connectivity index is 1.76. The van der Waals surface area contributed by atoms with Crippen molar-refractivity contribution in [1.29, 1.82) is 5.26 Å². The van der Waals surface area contributed by atoms with Crippen LogP contribution in [0.3, 0.4) is 0 Å². The lowest BCUT2D eigenvalue weighted by Gasteiger charge is -2.08. The Bertz CT molecular complexity index is 889. The average molecular weight is 305 g/mol. The molecule has 1 amide bonds. The van der Waals surface area contributed by atoms with Crippen LogP contribution in [0.2, 0.25) is 0 Å². The number of methoxy groups -OCH3 is 1. The van der Waals surface area contributed by atoms with Gasteiger partial charge in [-0.3, -0.25) is 4.79 Å². The Morgan fingerprint density at radius 1 is 1.22 bits per heavy atom. The fourth-order valence-electron chi connectivity index (χ4n) is 2.42. The second kappa shape index (κ2) is 6.24. The lowest BCUT2D eigenvalue weighted by Crippen LogP contribution is -2.18. The van der Waals surface area contributed by atoms with Crippen molar-refractivity contribution in [2.45, 2.75) is 6.54 Å². The number of hydrogen-bond acceptors (Lipinski definition) is 3. The molecule has 2 aromatic carbocycles. The zero-order valence-corrected chi connectivity index (χ0v) is 12.6. The number of nitrogens with zero attached hydrogens (tertiary/aromatic N) is 2. The van der Waals surface area contributed by atoms with Crippen LogP contribution in [0.25, 0.3) is 10.9 Å². The number of rotatable bonds is 4. The van der Waals surface area contributed by atoms with Crippen molar-refractivity contribution in [2.24, 2.45) is 0 Å². The van der Waals surface area contributed by atoms with E-state index >= 15 is 0 Å². The van der Waals surface area contributed by atoms with Gasteiger partial charge in [-0.15, -0.1) is 0 Å². The predicted molar refractivity (Wildman–Crippen MR) is 88.3 cm³/mol. The third-order valence-corrected chi connectivity index (χ3v) is 3.59. The first-order valence-electron chi connectivity index (χ1n) is 7.12. The molecule has 0 aliphatic heterocycles. The number of ether oxygens (including phenoxy) is 1. The summed E-state index contributed by atoms with van der Waals surface area (Å²) in [6.45, 7) is 0.185. The van der Waals surface area contributed by atoms with Gasteiger partial charge in [-0.1, -0.05) is 6.07 Å². The number of anilines is 1. The van der Waals surface area contributed by atoms with Crippen molar-refractivity contribution >= 4 is 22.5 Å². The molecule has 0 aliphatic rings. The van der Waals surface area contributed by atoms with E-state index in [1.54, 1.807) is 43.5 Å². The van der Waals surface area contributed by atoms with Gasteiger partial charge in [0.1, 0.15) is 12.3 Å². The van der Waals surface area contributed by atoms with Crippen LogP contribution in [0.4, 0.5) is 5.69 Å². The molecule has 0 unspecified atom stereocenters. The second-order valence-corrected chi connectivity index (χ2v) is 5.11.